The van der Waals surface area contributed by atoms with Crippen molar-refractivity contribution in [2.75, 3.05) is 0 Å². The Hall–Kier alpha value is -2.29. The van der Waals surface area contributed by atoms with E-state index in [2.05, 4.69) is 0 Å². The number of hydrogen-bond donors (Lipinski definition) is 0. The average Bonchev–Trinajstić information content (AvgIpc) is 3.14. The standard InChI is InChI=1S/C19H15ClF3NO3S/c20-16-7-9-18(10-8-16)28(25,26)24(13-17-2-1-11-27-17)12-14-3-5-15(6-4-14)19(21,22)23/h1-11H,12-13H2. The summed E-state index contributed by atoms with van der Waals surface area (Å²) in [5.74, 6) is 0.407. The first-order valence-electron chi connectivity index (χ1n) is 8.10. The summed E-state index contributed by atoms with van der Waals surface area (Å²) in [6.07, 6.45) is -3.04. The molecule has 4 nitrogen and oxygen atoms in total. The van der Waals surface area contributed by atoms with Crippen molar-refractivity contribution >= 4 is 21.6 Å². The fraction of sp³-hybridized carbons (Fsp3) is 0.158. The molecular weight excluding hydrogens is 415 g/mol. The van der Waals surface area contributed by atoms with Crippen LogP contribution >= 0.6 is 11.6 Å². The van der Waals surface area contributed by atoms with Crippen molar-refractivity contribution in [2.24, 2.45) is 0 Å². The van der Waals surface area contributed by atoms with Crippen LogP contribution in [0.5, 0.6) is 0 Å². The minimum Gasteiger partial charge on any atom is -0.468 e. The second-order valence-electron chi connectivity index (χ2n) is 6.00. The van der Waals surface area contributed by atoms with Gasteiger partial charge in [0.2, 0.25) is 10.0 Å². The van der Waals surface area contributed by atoms with Gasteiger partial charge < -0.3 is 4.42 Å². The summed E-state index contributed by atoms with van der Waals surface area (Å²) in [6, 6.07) is 13.3. The SMILES string of the molecule is O=S(=O)(c1ccc(Cl)cc1)N(Cc1ccc(C(F)(F)F)cc1)Cc1ccco1. The molecule has 0 amide bonds. The van der Waals surface area contributed by atoms with Crippen LogP contribution in [-0.4, -0.2) is 12.7 Å². The fourth-order valence-electron chi connectivity index (χ4n) is 2.56. The van der Waals surface area contributed by atoms with Crippen LogP contribution in [0.3, 0.4) is 0 Å². The topological polar surface area (TPSA) is 50.5 Å². The molecule has 0 unspecified atom stereocenters. The normalized spacial score (nSPS) is 12.5. The molecule has 0 atom stereocenters. The monoisotopic (exact) mass is 429 g/mol. The Morgan fingerprint density at radius 1 is 0.929 bits per heavy atom. The van der Waals surface area contributed by atoms with Gasteiger partial charge in [0.05, 0.1) is 23.3 Å². The number of furan rings is 1. The quantitative estimate of drug-likeness (QED) is 0.531. The van der Waals surface area contributed by atoms with Gasteiger partial charge in [0.15, 0.2) is 0 Å². The first-order valence-corrected chi connectivity index (χ1v) is 9.92. The first-order chi connectivity index (χ1) is 13.2. The molecule has 3 rings (SSSR count). The van der Waals surface area contributed by atoms with E-state index in [-0.39, 0.29) is 18.0 Å². The lowest BCUT2D eigenvalue weighted by Gasteiger charge is -2.22. The van der Waals surface area contributed by atoms with Crippen LogP contribution in [0.2, 0.25) is 5.02 Å². The largest absolute Gasteiger partial charge is 0.468 e. The summed E-state index contributed by atoms with van der Waals surface area (Å²) in [5.41, 5.74) is -0.383. The lowest BCUT2D eigenvalue weighted by Crippen LogP contribution is -2.30. The van der Waals surface area contributed by atoms with Gasteiger partial charge in [0.1, 0.15) is 5.76 Å². The van der Waals surface area contributed by atoms with Crippen molar-refractivity contribution in [1.82, 2.24) is 4.31 Å². The van der Waals surface area contributed by atoms with Gasteiger partial charge in [-0.15, -0.1) is 0 Å². The predicted molar refractivity (Wildman–Crippen MR) is 98.0 cm³/mol. The Kier molecular flexibility index (Phi) is 5.83. The number of rotatable bonds is 6. The molecule has 1 aromatic heterocycles. The third-order valence-corrected chi connectivity index (χ3v) is 6.06. The summed E-state index contributed by atoms with van der Waals surface area (Å²) < 4.78 is 70.7. The van der Waals surface area contributed by atoms with Gasteiger partial charge in [0.25, 0.3) is 0 Å². The highest BCUT2D eigenvalue weighted by Crippen LogP contribution is 2.30. The molecule has 0 aliphatic heterocycles. The molecule has 2 aromatic carbocycles. The molecule has 28 heavy (non-hydrogen) atoms. The zero-order valence-corrected chi connectivity index (χ0v) is 15.9. The summed E-state index contributed by atoms with van der Waals surface area (Å²) in [5, 5.41) is 0.388. The van der Waals surface area contributed by atoms with E-state index >= 15 is 0 Å². The second-order valence-corrected chi connectivity index (χ2v) is 8.38. The molecule has 0 spiro atoms. The third kappa shape index (κ3) is 4.76. The maximum absolute atomic E-state index is 13.1. The number of nitrogens with zero attached hydrogens (tertiary/aromatic N) is 1. The molecule has 1 heterocycles. The van der Waals surface area contributed by atoms with Gasteiger partial charge in [-0.1, -0.05) is 23.7 Å². The number of halogens is 4. The van der Waals surface area contributed by atoms with E-state index in [0.29, 0.717) is 16.3 Å². The molecule has 148 valence electrons. The minimum absolute atomic E-state index is 0.0235. The second kappa shape index (κ2) is 7.98. The van der Waals surface area contributed by atoms with Crippen molar-refractivity contribution in [3.05, 3.63) is 88.8 Å². The summed E-state index contributed by atoms with van der Waals surface area (Å²) in [7, 11) is -3.94. The molecule has 3 aromatic rings. The maximum atomic E-state index is 13.1. The van der Waals surface area contributed by atoms with Crippen molar-refractivity contribution < 1.29 is 26.0 Å². The van der Waals surface area contributed by atoms with Crippen LogP contribution in [0.15, 0.2) is 76.2 Å². The highest BCUT2D eigenvalue weighted by Gasteiger charge is 2.30. The van der Waals surface area contributed by atoms with Crippen LogP contribution < -0.4 is 0 Å². The average molecular weight is 430 g/mol. The molecule has 0 fully saturated rings. The Morgan fingerprint density at radius 2 is 1.57 bits per heavy atom. The van der Waals surface area contributed by atoms with E-state index in [9.17, 15) is 21.6 Å². The van der Waals surface area contributed by atoms with Gasteiger partial charge in [-0.25, -0.2) is 8.42 Å². The van der Waals surface area contributed by atoms with Crippen molar-refractivity contribution in [3.8, 4) is 0 Å². The number of hydrogen-bond acceptors (Lipinski definition) is 3. The fourth-order valence-corrected chi connectivity index (χ4v) is 4.08. The minimum atomic E-state index is -4.46. The first kappa shape index (κ1) is 20.4. The van der Waals surface area contributed by atoms with Crippen molar-refractivity contribution in [2.45, 2.75) is 24.2 Å². The van der Waals surface area contributed by atoms with Crippen molar-refractivity contribution in [1.29, 1.82) is 0 Å². The van der Waals surface area contributed by atoms with Gasteiger partial charge in [-0.2, -0.15) is 17.5 Å². The highest BCUT2D eigenvalue weighted by molar-refractivity contribution is 7.89. The molecule has 9 heteroatoms. The lowest BCUT2D eigenvalue weighted by molar-refractivity contribution is -0.137. The van der Waals surface area contributed by atoms with Crippen LogP contribution in [-0.2, 0) is 29.3 Å². The Balaban J connectivity index is 1.92. The van der Waals surface area contributed by atoms with Crippen LogP contribution in [0.4, 0.5) is 13.2 Å². The smallest absolute Gasteiger partial charge is 0.416 e. The number of alkyl halides is 3. The lowest BCUT2D eigenvalue weighted by atomic mass is 10.1. The maximum Gasteiger partial charge on any atom is 0.416 e. The highest BCUT2D eigenvalue weighted by atomic mass is 35.5. The molecular formula is C19H15ClF3NO3S. The van der Waals surface area contributed by atoms with E-state index in [0.717, 1.165) is 16.4 Å². The molecule has 0 aliphatic rings. The van der Waals surface area contributed by atoms with E-state index in [4.69, 9.17) is 16.0 Å². The molecule has 0 N–H and O–H groups in total. The summed E-state index contributed by atoms with van der Waals surface area (Å²) in [4.78, 5) is 0.0235. The van der Waals surface area contributed by atoms with E-state index in [1.54, 1.807) is 12.1 Å². The van der Waals surface area contributed by atoms with E-state index < -0.39 is 21.8 Å². The third-order valence-electron chi connectivity index (χ3n) is 4.00. The van der Waals surface area contributed by atoms with Crippen LogP contribution in [0.1, 0.15) is 16.9 Å². The van der Waals surface area contributed by atoms with Gasteiger partial charge in [-0.05, 0) is 54.1 Å². The Labute approximate surface area is 165 Å². The Morgan fingerprint density at radius 3 is 2.11 bits per heavy atom. The number of sulfonamides is 1. The zero-order valence-electron chi connectivity index (χ0n) is 14.4. The van der Waals surface area contributed by atoms with E-state index in [1.807, 2.05) is 0 Å². The molecule has 0 bridgehead atoms. The summed E-state index contributed by atoms with van der Waals surface area (Å²) >= 11 is 5.82. The zero-order chi connectivity index (χ0) is 20.4. The van der Waals surface area contributed by atoms with Gasteiger partial charge >= 0.3 is 6.18 Å². The van der Waals surface area contributed by atoms with Crippen molar-refractivity contribution in [3.63, 3.8) is 0 Å². The van der Waals surface area contributed by atoms with Crippen LogP contribution in [0, 0.1) is 0 Å². The van der Waals surface area contributed by atoms with Gasteiger partial charge in [0, 0.05) is 11.6 Å². The van der Waals surface area contributed by atoms with Crippen LogP contribution in [0.25, 0.3) is 0 Å². The molecule has 0 aliphatic carbocycles. The molecule has 0 saturated heterocycles. The number of benzene rings is 2. The van der Waals surface area contributed by atoms with E-state index in [1.165, 1.54) is 42.7 Å². The predicted octanol–water partition coefficient (Wildman–Crippen LogP) is 5.34. The Bertz CT molecular complexity index is 1020. The molecule has 0 radical (unpaired) electrons. The van der Waals surface area contributed by atoms with Gasteiger partial charge in [-0.3, -0.25) is 0 Å². The molecule has 0 saturated carbocycles. The summed E-state index contributed by atoms with van der Waals surface area (Å²) in [6.45, 7) is -0.192.